The molecule has 1 heterocycles. The Morgan fingerprint density at radius 2 is 2.27 bits per heavy atom. The van der Waals surface area contributed by atoms with Crippen LogP contribution in [0.1, 0.15) is 33.1 Å². The second kappa shape index (κ2) is 3.86. The maximum atomic E-state index is 11.4. The van der Waals surface area contributed by atoms with Gasteiger partial charge in [-0.25, -0.2) is 0 Å². The summed E-state index contributed by atoms with van der Waals surface area (Å²) in [5, 5.41) is 3.20. The summed E-state index contributed by atoms with van der Waals surface area (Å²) in [6.45, 7) is 5.03. The van der Waals surface area contributed by atoms with Gasteiger partial charge >= 0.3 is 0 Å². The molecule has 2 nitrogen and oxygen atoms in total. The molecule has 1 aliphatic heterocycles. The Bertz CT molecular complexity index is 136. The number of carbonyl (C=O) groups excluding carboxylic acids is 1. The van der Waals surface area contributed by atoms with E-state index >= 15 is 0 Å². The fourth-order valence-electron chi connectivity index (χ4n) is 1.43. The van der Waals surface area contributed by atoms with Crippen molar-refractivity contribution in [1.82, 2.24) is 5.32 Å². The summed E-state index contributed by atoms with van der Waals surface area (Å²) in [4.78, 5) is 11.4. The maximum Gasteiger partial charge on any atom is 0.150 e. The normalized spacial score (nSPS) is 24.5. The topological polar surface area (TPSA) is 29.1 Å². The Kier molecular flexibility index (Phi) is 3.06. The van der Waals surface area contributed by atoms with Gasteiger partial charge in [0.25, 0.3) is 0 Å². The second-order valence-corrected chi connectivity index (χ2v) is 3.50. The molecule has 1 radical (unpaired) electrons. The number of hydrogen-bond acceptors (Lipinski definition) is 2. The summed E-state index contributed by atoms with van der Waals surface area (Å²) in [6.07, 6.45) is 2.84. The van der Waals surface area contributed by atoms with Gasteiger partial charge in [0, 0.05) is 6.42 Å². The predicted molar refractivity (Wildman–Crippen MR) is 45.2 cm³/mol. The van der Waals surface area contributed by atoms with Crippen molar-refractivity contribution in [2.24, 2.45) is 0 Å². The second-order valence-electron chi connectivity index (χ2n) is 3.50. The van der Waals surface area contributed by atoms with E-state index in [1.165, 1.54) is 5.92 Å². The lowest BCUT2D eigenvalue weighted by atomic mass is 10.0. The standard InChI is InChI=1S/C9H16NO/c1-7(2)6-9(11)8-4-3-5-10-8/h8,10H,3-6H2,1-2H3. The quantitative estimate of drug-likeness (QED) is 0.664. The first kappa shape index (κ1) is 8.72. The zero-order valence-corrected chi connectivity index (χ0v) is 7.31. The van der Waals surface area contributed by atoms with Crippen LogP contribution < -0.4 is 5.32 Å². The molecule has 0 aromatic carbocycles. The zero-order chi connectivity index (χ0) is 8.27. The highest BCUT2D eigenvalue weighted by atomic mass is 16.1. The number of nitrogens with one attached hydrogen (secondary N) is 1. The third kappa shape index (κ3) is 2.62. The van der Waals surface area contributed by atoms with Crippen molar-refractivity contribution in [1.29, 1.82) is 0 Å². The Morgan fingerprint density at radius 1 is 1.55 bits per heavy atom. The van der Waals surface area contributed by atoms with E-state index < -0.39 is 0 Å². The lowest BCUT2D eigenvalue weighted by molar-refractivity contribution is -0.120. The molecule has 0 bridgehead atoms. The lowest BCUT2D eigenvalue weighted by Crippen LogP contribution is -2.31. The van der Waals surface area contributed by atoms with Crippen molar-refractivity contribution >= 4 is 5.78 Å². The SMILES string of the molecule is C[C](C)CC(=O)C1CCCN1. The molecule has 0 spiro atoms. The van der Waals surface area contributed by atoms with Crippen LogP contribution in [0.4, 0.5) is 0 Å². The van der Waals surface area contributed by atoms with E-state index in [4.69, 9.17) is 0 Å². The van der Waals surface area contributed by atoms with E-state index in [9.17, 15) is 4.79 Å². The van der Waals surface area contributed by atoms with Crippen molar-refractivity contribution < 1.29 is 4.79 Å². The molecule has 1 aliphatic rings. The maximum absolute atomic E-state index is 11.4. The molecule has 1 N–H and O–H groups in total. The van der Waals surface area contributed by atoms with E-state index in [1.54, 1.807) is 0 Å². The molecule has 1 saturated heterocycles. The number of carbonyl (C=O) groups is 1. The summed E-state index contributed by atoms with van der Waals surface area (Å²) in [5.74, 6) is 1.58. The number of hydrogen-bond donors (Lipinski definition) is 1. The molecular weight excluding hydrogens is 138 g/mol. The first-order valence-electron chi connectivity index (χ1n) is 4.25. The zero-order valence-electron chi connectivity index (χ0n) is 7.31. The van der Waals surface area contributed by atoms with Crippen molar-refractivity contribution in [3.05, 3.63) is 5.92 Å². The van der Waals surface area contributed by atoms with Crippen LogP contribution in [-0.4, -0.2) is 18.4 Å². The van der Waals surface area contributed by atoms with Gasteiger partial charge in [-0.05, 0) is 25.3 Å². The van der Waals surface area contributed by atoms with Crippen LogP contribution in [0.2, 0.25) is 0 Å². The van der Waals surface area contributed by atoms with Crippen LogP contribution in [0, 0.1) is 5.92 Å². The lowest BCUT2D eigenvalue weighted by Gasteiger charge is -2.09. The van der Waals surface area contributed by atoms with Crippen LogP contribution in [0.5, 0.6) is 0 Å². The van der Waals surface area contributed by atoms with Gasteiger partial charge in [-0.2, -0.15) is 0 Å². The third-order valence-electron chi connectivity index (χ3n) is 1.98. The minimum Gasteiger partial charge on any atom is -0.307 e. The molecule has 0 aliphatic carbocycles. The van der Waals surface area contributed by atoms with Crippen molar-refractivity contribution in [3.63, 3.8) is 0 Å². The van der Waals surface area contributed by atoms with Crippen LogP contribution in [-0.2, 0) is 4.79 Å². The van der Waals surface area contributed by atoms with Crippen molar-refractivity contribution in [3.8, 4) is 0 Å². The summed E-state index contributed by atoms with van der Waals surface area (Å²) in [5.41, 5.74) is 0. The van der Waals surface area contributed by atoms with Crippen LogP contribution in [0.15, 0.2) is 0 Å². The van der Waals surface area contributed by atoms with Gasteiger partial charge < -0.3 is 5.32 Å². The Labute approximate surface area is 68.4 Å². The minimum absolute atomic E-state index is 0.157. The van der Waals surface area contributed by atoms with Crippen LogP contribution >= 0.6 is 0 Å². The molecule has 1 atom stereocenters. The highest BCUT2D eigenvalue weighted by molar-refractivity contribution is 5.85. The Balaban J connectivity index is 2.28. The third-order valence-corrected chi connectivity index (χ3v) is 1.98. The molecular formula is C9H16NO. The van der Waals surface area contributed by atoms with Crippen molar-refractivity contribution in [2.75, 3.05) is 6.54 Å². The molecule has 2 heteroatoms. The van der Waals surface area contributed by atoms with Gasteiger partial charge in [0.1, 0.15) is 5.78 Å². The number of rotatable bonds is 3. The molecule has 0 amide bonds. The highest BCUT2D eigenvalue weighted by Crippen LogP contribution is 2.11. The molecule has 0 saturated carbocycles. The van der Waals surface area contributed by atoms with E-state index in [1.807, 2.05) is 13.8 Å². The van der Waals surface area contributed by atoms with Crippen LogP contribution in [0.25, 0.3) is 0 Å². The first-order valence-corrected chi connectivity index (χ1v) is 4.25. The van der Waals surface area contributed by atoms with E-state index in [2.05, 4.69) is 5.32 Å². The smallest absolute Gasteiger partial charge is 0.150 e. The molecule has 11 heavy (non-hydrogen) atoms. The van der Waals surface area contributed by atoms with E-state index in [0.717, 1.165) is 19.4 Å². The van der Waals surface area contributed by atoms with Gasteiger partial charge in [0.2, 0.25) is 0 Å². The largest absolute Gasteiger partial charge is 0.307 e. The van der Waals surface area contributed by atoms with Gasteiger partial charge in [0.15, 0.2) is 0 Å². The van der Waals surface area contributed by atoms with Gasteiger partial charge in [0.05, 0.1) is 6.04 Å². The van der Waals surface area contributed by atoms with Crippen molar-refractivity contribution in [2.45, 2.75) is 39.2 Å². The highest BCUT2D eigenvalue weighted by Gasteiger charge is 2.21. The molecule has 0 aromatic rings. The average molecular weight is 154 g/mol. The van der Waals surface area contributed by atoms with E-state index in [0.29, 0.717) is 12.2 Å². The summed E-state index contributed by atoms with van der Waals surface area (Å²) >= 11 is 0. The number of Topliss-reactive ketones (excluding diaryl/α,β-unsaturated/α-hetero) is 1. The molecule has 1 rings (SSSR count). The summed E-state index contributed by atoms with van der Waals surface area (Å²) < 4.78 is 0. The molecule has 1 fully saturated rings. The van der Waals surface area contributed by atoms with Crippen LogP contribution in [0.3, 0.4) is 0 Å². The van der Waals surface area contributed by atoms with Gasteiger partial charge in [-0.1, -0.05) is 13.8 Å². The molecule has 0 aromatic heterocycles. The monoisotopic (exact) mass is 154 g/mol. The molecule has 1 unspecified atom stereocenters. The average Bonchev–Trinajstić information content (AvgIpc) is 2.35. The van der Waals surface area contributed by atoms with Gasteiger partial charge in [-0.15, -0.1) is 0 Å². The predicted octanol–water partition coefficient (Wildman–Crippen LogP) is 1.31. The van der Waals surface area contributed by atoms with Gasteiger partial charge in [-0.3, -0.25) is 4.79 Å². The Morgan fingerprint density at radius 3 is 2.73 bits per heavy atom. The summed E-state index contributed by atoms with van der Waals surface area (Å²) in [6, 6.07) is 0.157. The first-order chi connectivity index (χ1) is 5.20. The molecule has 63 valence electrons. The van der Waals surface area contributed by atoms with E-state index in [-0.39, 0.29) is 6.04 Å². The summed E-state index contributed by atoms with van der Waals surface area (Å²) in [7, 11) is 0. The fraction of sp³-hybridized carbons (Fsp3) is 0.778. The number of ketones is 1. The minimum atomic E-state index is 0.157. The fourth-order valence-corrected chi connectivity index (χ4v) is 1.43. The Hall–Kier alpha value is -0.370.